The third-order valence-corrected chi connectivity index (χ3v) is 4.87. The number of nitrogens with two attached hydrogens (primary N) is 1. The lowest BCUT2D eigenvalue weighted by Gasteiger charge is -2.32. The molecule has 0 radical (unpaired) electrons. The number of hydrogen-bond donors (Lipinski definition) is 1. The number of rotatable bonds is 6. The molecule has 1 atom stereocenters. The van der Waals surface area contributed by atoms with Crippen molar-refractivity contribution in [2.75, 3.05) is 25.9 Å². The van der Waals surface area contributed by atoms with Crippen LogP contribution in [0.5, 0.6) is 0 Å². The van der Waals surface area contributed by atoms with Crippen molar-refractivity contribution in [3.8, 4) is 0 Å². The molecule has 1 aliphatic rings. The van der Waals surface area contributed by atoms with Crippen LogP contribution in [0.25, 0.3) is 0 Å². The van der Waals surface area contributed by atoms with Crippen molar-refractivity contribution >= 4 is 17.7 Å². The lowest BCUT2D eigenvalue weighted by atomic mass is 9.93. The van der Waals surface area contributed by atoms with Gasteiger partial charge in [-0.15, -0.1) is 0 Å². The van der Waals surface area contributed by atoms with Crippen LogP contribution in [0.3, 0.4) is 0 Å². The summed E-state index contributed by atoms with van der Waals surface area (Å²) in [6.45, 7) is 6.88. The Bertz CT molecular complexity index is 250. The molecule has 1 saturated heterocycles. The van der Waals surface area contributed by atoms with E-state index in [4.69, 9.17) is 5.73 Å². The summed E-state index contributed by atoms with van der Waals surface area (Å²) >= 11 is 1.93. The minimum atomic E-state index is 0.311. The molecule has 1 amide bonds. The van der Waals surface area contributed by atoms with Gasteiger partial charge in [0.05, 0.1) is 0 Å². The first kappa shape index (κ1) is 15.8. The second kappa shape index (κ2) is 8.05. The first-order chi connectivity index (χ1) is 8.56. The molecule has 106 valence electrons. The second-order valence-corrected chi connectivity index (χ2v) is 6.89. The van der Waals surface area contributed by atoms with Gasteiger partial charge in [-0.05, 0) is 43.9 Å². The highest BCUT2D eigenvalue weighted by Gasteiger charge is 2.24. The number of nitrogens with zero attached hydrogens (tertiary/aromatic N) is 1. The first-order valence-electron chi connectivity index (χ1n) is 7.07. The fourth-order valence-corrected chi connectivity index (χ4v) is 3.33. The Morgan fingerprint density at radius 1 is 1.39 bits per heavy atom. The average molecular weight is 272 g/mol. The molecule has 0 aliphatic carbocycles. The van der Waals surface area contributed by atoms with E-state index in [-0.39, 0.29) is 0 Å². The lowest BCUT2D eigenvalue weighted by molar-refractivity contribution is -0.133. The highest BCUT2D eigenvalue weighted by Crippen LogP contribution is 2.22. The van der Waals surface area contributed by atoms with Gasteiger partial charge in [0.1, 0.15) is 0 Å². The lowest BCUT2D eigenvalue weighted by Crippen LogP contribution is -2.40. The Hall–Kier alpha value is -0.220. The maximum atomic E-state index is 12.2. The Labute approximate surface area is 116 Å². The number of piperidine rings is 1. The zero-order chi connectivity index (χ0) is 13.5. The average Bonchev–Trinajstić information content (AvgIpc) is 2.37. The first-order valence-corrected chi connectivity index (χ1v) is 8.36. The minimum Gasteiger partial charge on any atom is -0.343 e. The van der Waals surface area contributed by atoms with Crippen LogP contribution in [0.15, 0.2) is 0 Å². The highest BCUT2D eigenvalue weighted by molar-refractivity contribution is 7.99. The maximum Gasteiger partial charge on any atom is 0.222 e. The molecule has 1 rings (SSSR count). The van der Waals surface area contributed by atoms with E-state index in [1.165, 1.54) is 0 Å². The number of amides is 1. The fraction of sp³-hybridized carbons (Fsp3) is 0.929. The summed E-state index contributed by atoms with van der Waals surface area (Å²) < 4.78 is 0. The molecule has 0 aromatic rings. The summed E-state index contributed by atoms with van der Waals surface area (Å²) in [5.41, 5.74) is 5.77. The molecule has 1 aliphatic heterocycles. The van der Waals surface area contributed by atoms with Crippen LogP contribution in [0.2, 0.25) is 0 Å². The predicted octanol–water partition coefficient (Wildman–Crippen LogP) is 2.35. The molecule has 3 nitrogen and oxygen atoms in total. The zero-order valence-electron chi connectivity index (χ0n) is 12.0. The predicted molar refractivity (Wildman–Crippen MR) is 79.7 cm³/mol. The van der Waals surface area contributed by atoms with Gasteiger partial charge in [0.25, 0.3) is 0 Å². The molecule has 1 unspecified atom stereocenters. The second-order valence-electron chi connectivity index (χ2n) is 5.75. The summed E-state index contributed by atoms with van der Waals surface area (Å²) in [5, 5.41) is 0.745. The molecule has 1 heterocycles. The van der Waals surface area contributed by atoms with Crippen molar-refractivity contribution in [1.29, 1.82) is 0 Å². The van der Waals surface area contributed by atoms with Crippen LogP contribution >= 0.6 is 11.8 Å². The van der Waals surface area contributed by atoms with E-state index in [1.54, 1.807) is 0 Å². The Kier molecular flexibility index (Phi) is 7.08. The van der Waals surface area contributed by atoms with Crippen LogP contribution in [-0.4, -0.2) is 41.9 Å². The fourth-order valence-electron chi connectivity index (χ4n) is 2.65. The number of thioether (sulfide) groups is 1. The van der Waals surface area contributed by atoms with Crippen LogP contribution in [0.4, 0.5) is 0 Å². The van der Waals surface area contributed by atoms with E-state index in [2.05, 4.69) is 20.1 Å². The molecule has 0 spiro atoms. The maximum absolute atomic E-state index is 12.2. The standard InChI is InChI=1S/C14H28N2OS/c1-11(2)8-12(10-15)9-14(17)16-6-4-13(18-3)5-7-16/h11-13H,4-10,15H2,1-3H3. The molecular formula is C14H28N2OS. The summed E-state index contributed by atoms with van der Waals surface area (Å²) in [7, 11) is 0. The van der Waals surface area contributed by atoms with Gasteiger partial charge >= 0.3 is 0 Å². The largest absolute Gasteiger partial charge is 0.343 e. The SMILES string of the molecule is CSC1CCN(C(=O)CC(CN)CC(C)C)CC1. The van der Waals surface area contributed by atoms with Crippen molar-refractivity contribution in [2.24, 2.45) is 17.6 Å². The Morgan fingerprint density at radius 2 is 2.00 bits per heavy atom. The van der Waals surface area contributed by atoms with E-state index in [9.17, 15) is 4.79 Å². The molecule has 0 saturated carbocycles. The van der Waals surface area contributed by atoms with Crippen LogP contribution < -0.4 is 5.73 Å². The Morgan fingerprint density at radius 3 is 2.44 bits per heavy atom. The number of likely N-dealkylation sites (tertiary alicyclic amines) is 1. The quantitative estimate of drug-likeness (QED) is 0.807. The summed E-state index contributed by atoms with van der Waals surface area (Å²) in [4.78, 5) is 14.2. The van der Waals surface area contributed by atoms with Crippen LogP contribution in [0, 0.1) is 11.8 Å². The van der Waals surface area contributed by atoms with Crippen LogP contribution in [-0.2, 0) is 4.79 Å². The third kappa shape index (κ3) is 5.19. The molecule has 2 N–H and O–H groups in total. The van der Waals surface area contributed by atoms with E-state index < -0.39 is 0 Å². The number of carbonyl (C=O) groups is 1. The van der Waals surface area contributed by atoms with Crippen molar-refractivity contribution in [2.45, 2.75) is 44.8 Å². The number of carbonyl (C=O) groups excluding carboxylic acids is 1. The van der Waals surface area contributed by atoms with Gasteiger partial charge in [-0.2, -0.15) is 11.8 Å². The highest BCUT2D eigenvalue weighted by atomic mass is 32.2. The summed E-state index contributed by atoms with van der Waals surface area (Å²) in [5.74, 6) is 1.29. The van der Waals surface area contributed by atoms with E-state index in [1.807, 2.05) is 16.7 Å². The van der Waals surface area contributed by atoms with Crippen molar-refractivity contribution < 1.29 is 4.79 Å². The van der Waals surface area contributed by atoms with E-state index >= 15 is 0 Å². The van der Waals surface area contributed by atoms with Gasteiger partial charge < -0.3 is 10.6 Å². The summed E-state index contributed by atoms with van der Waals surface area (Å²) in [6.07, 6.45) is 6.14. The van der Waals surface area contributed by atoms with Gasteiger partial charge in [0, 0.05) is 24.8 Å². The van der Waals surface area contributed by atoms with E-state index in [0.717, 1.165) is 37.6 Å². The van der Waals surface area contributed by atoms with E-state index in [0.29, 0.717) is 30.7 Å². The summed E-state index contributed by atoms with van der Waals surface area (Å²) in [6, 6.07) is 0. The molecule has 4 heteroatoms. The van der Waals surface area contributed by atoms with Gasteiger partial charge in [-0.25, -0.2) is 0 Å². The molecule has 0 aromatic heterocycles. The molecular weight excluding hydrogens is 244 g/mol. The number of hydrogen-bond acceptors (Lipinski definition) is 3. The van der Waals surface area contributed by atoms with Crippen molar-refractivity contribution in [1.82, 2.24) is 4.90 Å². The Balaban J connectivity index is 2.35. The smallest absolute Gasteiger partial charge is 0.222 e. The van der Waals surface area contributed by atoms with Gasteiger partial charge in [0.2, 0.25) is 5.91 Å². The molecule has 0 bridgehead atoms. The molecule has 1 fully saturated rings. The molecule has 18 heavy (non-hydrogen) atoms. The monoisotopic (exact) mass is 272 g/mol. The zero-order valence-corrected chi connectivity index (χ0v) is 12.8. The normalized spacial score (nSPS) is 19.3. The van der Waals surface area contributed by atoms with Crippen molar-refractivity contribution in [3.63, 3.8) is 0 Å². The minimum absolute atomic E-state index is 0.311. The molecule has 0 aromatic carbocycles. The third-order valence-electron chi connectivity index (χ3n) is 3.73. The van der Waals surface area contributed by atoms with Crippen molar-refractivity contribution in [3.05, 3.63) is 0 Å². The van der Waals surface area contributed by atoms with Gasteiger partial charge in [-0.1, -0.05) is 13.8 Å². The van der Waals surface area contributed by atoms with Crippen LogP contribution in [0.1, 0.15) is 39.5 Å². The van der Waals surface area contributed by atoms with Gasteiger partial charge in [0.15, 0.2) is 0 Å². The topological polar surface area (TPSA) is 46.3 Å². The van der Waals surface area contributed by atoms with Gasteiger partial charge in [-0.3, -0.25) is 4.79 Å².